The van der Waals surface area contributed by atoms with Crippen LogP contribution in [0.5, 0.6) is 5.75 Å². The molecule has 5 heteroatoms. The fourth-order valence-electron chi connectivity index (χ4n) is 3.57. The highest BCUT2D eigenvalue weighted by atomic mass is 16.5. The lowest BCUT2D eigenvalue weighted by molar-refractivity contribution is -0.0156. The molecule has 1 fully saturated rings. The van der Waals surface area contributed by atoms with Crippen molar-refractivity contribution in [2.24, 2.45) is 5.41 Å². The maximum atomic E-state index is 12.5. The lowest BCUT2D eigenvalue weighted by Gasteiger charge is -2.37. The summed E-state index contributed by atoms with van der Waals surface area (Å²) in [6.45, 7) is 2.57. The van der Waals surface area contributed by atoms with Crippen molar-refractivity contribution in [3.8, 4) is 5.75 Å². The van der Waals surface area contributed by atoms with E-state index in [1.165, 1.54) is 6.42 Å². The standard InChI is InChI=1S/C23H29NO4/c25-16-23(17-26,15-24-13-5-2-6-14-24)18-28-21-11-9-20(10-12-21)22(27)19-7-3-1-4-8-19/h1,3-4,7-12,25-26H,2,5-6,13-18H2. The number of piperidine rings is 1. The molecular weight excluding hydrogens is 354 g/mol. The van der Waals surface area contributed by atoms with Crippen molar-refractivity contribution < 1.29 is 19.7 Å². The number of hydrogen-bond donors (Lipinski definition) is 2. The Morgan fingerprint density at radius 1 is 0.893 bits per heavy atom. The molecule has 0 bridgehead atoms. The first kappa shape index (κ1) is 20.5. The molecule has 150 valence electrons. The Morgan fingerprint density at radius 2 is 1.50 bits per heavy atom. The van der Waals surface area contributed by atoms with Crippen molar-refractivity contribution in [2.75, 3.05) is 39.5 Å². The molecule has 1 aliphatic rings. The van der Waals surface area contributed by atoms with Crippen molar-refractivity contribution in [3.05, 3.63) is 65.7 Å². The molecule has 0 radical (unpaired) electrons. The fraction of sp³-hybridized carbons (Fsp3) is 0.435. The molecule has 1 aliphatic heterocycles. The minimum Gasteiger partial charge on any atom is -0.493 e. The summed E-state index contributed by atoms with van der Waals surface area (Å²) in [5.41, 5.74) is 0.551. The molecule has 0 saturated carbocycles. The van der Waals surface area contributed by atoms with Gasteiger partial charge in [-0.1, -0.05) is 36.8 Å². The van der Waals surface area contributed by atoms with Crippen molar-refractivity contribution in [1.82, 2.24) is 4.90 Å². The van der Waals surface area contributed by atoms with Gasteiger partial charge < -0.3 is 19.8 Å². The first-order chi connectivity index (χ1) is 13.7. The number of aliphatic hydroxyl groups is 2. The lowest BCUT2D eigenvalue weighted by Crippen LogP contribution is -2.48. The Bertz CT molecular complexity index is 735. The van der Waals surface area contributed by atoms with Crippen LogP contribution in [0.3, 0.4) is 0 Å². The van der Waals surface area contributed by atoms with Crippen molar-refractivity contribution in [3.63, 3.8) is 0 Å². The Morgan fingerprint density at radius 3 is 2.11 bits per heavy atom. The third-order valence-electron chi connectivity index (χ3n) is 5.38. The van der Waals surface area contributed by atoms with E-state index in [0.717, 1.165) is 25.9 Å². The molecule has 1 heterocycles. The van der Waals surface area contributed by atoms with Crippen LogP contribution in [0.4, 0.5) is 0 Å². The number of nitrogens with zero attached hydrogens (tertiary/aromatic N) is 1. The quantitative estimate of drug-likeness (QED) is 0.652. The molecular formula is C23H29NO4. The van der Waals surface area contributed by atoms with E-state index in [1.807, 2.05) is 18.2 Å². The molecule has 2 aromatic rings. The number of rotatable bonds is 9. The number of benzene rings is 2. The van der Waals surface area contributed by atoms with Crippen molar-refractivity contribution in [2.45, 2.75) is 19.3 Å². The van der Waals surface area contributed by atoms with Gasteiger partial charge in [-0.3, -0.25) is 4.79 Å². The Kier molecular flexibility index (Phi) is 7.20. The largest absolute Gasteiger partial charge is 0.493 e. The summed E-state index contributed by atoms with van der Waals surface area (Å²) in [5, 5.41) is 19.8. The summed E-state index contributed by atoms with van der Waals surface area (Å²) in [7, 11) is 0. The van der Waals surface area contributed by atoms with Gasteiger partial charge in [0.05, 0.1) is 25.2 Å². The zero-order valence-electron chi connectivity index (χ0n) is 16.2. The highest BCUT2D eigenvalue weighted by molar-refractivity contribution is 6.08. The van der Waals surface area contributed by atoms with Crippen LogP contribution in [0, 0.1) is 5.41 Å². The number of carbonyl (C=O) groups is 1. The van der Waals surface area contributed by atoms with Crippen LogP contribution in [-0.4, -0.2) is 60.4 Å². The first-order valence-electron chi connectivity index (χ1n) is 9.92. The topological polar surface area (TPSA) is 70.0 Å². The van der Waals surface area contributed by atoms with E-state index in [0.29, 0.717) is 23.4 Å². The van der Waals surface area contributed by atoms with Gasteiger partial charge in [0.1, 0.15) is 5.75 Å². The fourth-order valence-corrected chi connectivity index (χ4v) is 3.57. The van der Waals surface area contributed by atoms with Crippen LogP contribution >= 0.6 is 0 Å². The molecule has 0 aliphatic carbocycles. The van der Waals surface area contributed by atoms with E-state index in [4.69, 9.17) is 4.74 Å². The molecule has 3 rings (SSSR count). The smallest absolute Gasteiger partial charge is 0.193 e. The van der Waals surface area contributed by atoms with Gasteiger partial charge in [0.15, 0.2) is 5.78 Å². The average Bonchev–Trinajstić information content (AvgIpc) is 2.78. The van der Waals surface area contributed by atoms with E-state index < -0.39 is 5.41 Å². The van der Waals surface area contributed by atoms with Crippen molar-refractivity contribution in [1.29, 1.82) is 0 Å². The normalized spacial score (nSPS) is 15.4. The van der Waals surface area contributed by atoms with Crippen LogP contribution in [0.25, 0.3) is 0 Å². The first-order valence-corrected chi connectivity index (χ1v) is 9.92. The van der Waals surface area contributed by atoms with Gasteiger partial charge in [0, 0.05) is 17.7 Å². The lowest BCUT2D eigenvalue weighted by atomic mass is 9.89. The van der Waals surface area contributed by atoms with Gasteiger partial charge in [-0.2, -0.15) is 0 Å². The number of hydrogen-bond acceptors (Lipinski definition) is 5. The van der Waals surface area contributed by atoms with Crippen LogP contribution in [0.2, 0.25) is 0 Å². The summed E-state index contributed by atoms with van der Waals surface area (Å²) < 4.78 is 5.88. The predicted octanol–water partition coefficient (Wildman–Crippen LogP) is 2.75. The summed E-state index contributed by atoms with van der Waals surface area (Å²) in [6.07, 6.45) is 3.56. The van der Waals surface area contributed by atoms with Gasteiger partial charge in [-0.25, -0.2) is 0 Å². The molecule has 1 saturated heterocycles. The minimum absolute atomic E-state index is 0.0303. The van der Waals surface area contributed by atoms with E-state index in [2.05, 4.69) is 4.90 Å². The summed E-state index contributed by atoms with van der Waals surface area (Å²) >= 11 is 0. The molecule has 0 atom stereocenters. The van der Waals surface area contributed by atoms with E-state index in [9.17, 15) is 15.0 Å². The van der Waals surface area contributed by atoms with E-state index in [-0.39, 0.29) is 25.6 Å². The number of ketones is 1. The van der Waals surface area contributed by atoms with Gasteiger partial charge in [-0.15, -0.1) is 0 Å². The molecule has 2 aromatic carbocycles. The van der Waals surface area contributed by atoms with E-state index >= 15 is 0 Å². The molecule has 5 nitrogen and oxygen atoms in total. The molecule has 28 heavy (non-hydrogen) atoms. The Hall–Kier alpha value is -2.21. The van der Waals surface area contributed by atoms with E-state index in [1.54, 1.807) is 36.4 Å². The summed E-state index contributed by atoms with van der Waals surface area (Å²) in [5.74, 6) is 0.590. The number of ether oxygens (including phenoxy) is 1. The minimum atomic E-state index is -0.699. The Balaban J connectivity index is 1.61. The molecule has 0 amide bonds. The van der Waals surface area contributed by atoms with Gasteiger partial charge in [-0.05, 0) is 50.2 Å². The second kappa shape index (κ2) is 9.82. The van der Waals surface area contributed by atoms with Crippen molar-refractivity contribution >= 4 is 5.78 Å². The Labute approximate surface area is 166 Å². The van der Waals surface area contributed by atoms with Crippen LogP contribution in [-0.2, 0) is 0 Å². The average molecular weight is 383 g/mol. The third-order valence-corrected chi connectivity index (χ3v) is 5.38. The van der Waals surface area contributed by atoms with Gasteiger partial charge in [0.2, 0.25) is 0 Å². The van der Waals surface area contributed by atoms with Gasteiger partial charge in [0.25, 0.3) is 0 Å². The molecule has 2 N–H and O–H groups in total. The second-order valence-electron chi connectivity index (χ2n) is 7.66. The number of likely N-dealkylation sites (tertiary alicyclic amines) is 1. The zero-order chi connectivity index (χ0) is 19.8. The number of aliphatic hydroxyl groups excluding tert-OH is 2. The highest BCUT2D eigenvalue weighted by Crippen LogP contribution is 2.23. The van der Waals surface area contributed by atoms with Crippen LogP contribution in [0.15, 0.2) is 54.6 Å². The third kappa shape index (κ3) is 5.19. The van der Waals surface area contributed by atoms with Crippen LogP contribution < -0.4 is 4.74 Å². The summed E-state index contributed by atoms with van der Waals surface area (Å²) in [4.78, 5) is 14.8. The zero-order valence-corrected chi connectivity index (χ0v) is 16.2. The maximum Gasteiger partial charge on any atom is 0.193 e. The predicted molar refractivity (Wildman–Crippen MR) is 109 cm³/mol. The highest BCUT2D eigenvalue weighted by Gasteiger charge is 2.33. The monoisotopic (exact) mass is 383 g/mol. The maximum absolute atomic E-state index is 12.5. The van der Waals surface area contributed by atoms with Gasteiger partial charge >= 0.3 is 0 Å². The molecule has 0 spiro atoms. The molecule has 0 unspecified atom stereocenters. The summed E-state index contributed by atoms with van der Waals surface area (Å²) in [6, 6.07) is 16.2. The number of carbonyl (C=O) groups excluding carboxylic acids is 1. The second-order valence-corrected chi connectivity index (χ2v) is 7.66. The molecule has 0 aromatic heterocycles. The SMILES string of the molecule is O=C(c1ccccc1)c1ccc(OCC(CO)(CO)CN2CCCCC2)cc1. The van der Waals surface area contributed by atoms with Crippen LogP contribution in [0.1, 0.15) is 35.2 Å².